The maximum Gasteiger partial charge on any atom is 0.501 e. The molecule has 4 heterocycles. The third kappa shape index (κ3) is 18.6. The molecule has 20 nitrogen and oxygen atoms in total. The van der Waals surface area contributed by atoms with Gasteiger partial charge < -0.3 is 41.1 Å². The summed E-state index contributed by atoms with van der Waals surface area (Å²) >= 11 is 2.94. The van der Waals surface area contributed by atoms with Crippen molar-refractivity contribution in [1.29, 1.82) is 0 Å². The monoisotopic (exact) mass is 1510 g/mol. The molecular formula is C77H101F3N10O10S4. The summed E-state index contributed by atoms with van der Waals surface area (Å²) in [5.41, 5.74) is 3.03. The van der Waals surface area contributed by atoms with E-state index in [9.17, 15) is 59.1 Å². The number of aliphatic hydroxyl groups excluding tert-OH is 1. The summed E-state index contributed by atoms with van der Waals surface area (Å²) in [5.74, 6) is -2.54. The first-order valence-electron chi connectivity index (χ1n) is 36.4. The van der Waals surface area contributed by atoms with E-state index in [1.54, 1.807) is 40.1 Å². The number of likely N-dealkylation sites (tertiary alicyclic amines) is 2. The van der Waals surface area contributed by atoms with Gasteiger partial charge in [-0.2, -0.15) is 13.2 Å². The molecule has 5 aromatic rings. The van der Waals surface area contributed by atoms with Gasteiger partial charge in [0.25, 0.3) is 25.8 Å². The van der Waals surface area contributed by atoms with E-state index in [0.717, 1.165) is 83.6 Å². The van der Waals surface area contributed by atoms with E-state index < -0.39 is 94.3 Å². The molecule has 3 saturated carbocycles. The van der Waals surface area contributed by atoms with Crippen LogP contribution >= 0.6 is 23.1 Å². The van der Waals surface area contributed by atoms with Gasteiger partial charge in [-0.15, -0.1) is 23.1 Å². The molecule has 6 atom stereocenters. The van der Waals surface area contributed by atoms with Gasteiger partial charge >= 0.3 is 5.51 Å². The maximum absolute atomic E-state index is 14.6. The quantitative estimate of drug-likeness (QED) is 0.0148. The Kier molecular flexibility index (Phi) is 24.0. The molecule has 4 aromatic carbocycles. The summed E-state index contributed by atoms with van der Waals surface area (Å²) in [7, 11) is -11.1. The summed E-state index contributed by atoms with van der Waals surface area (Å²) in [6, 6.07) is 22.9. The Morgan fingerprint density at radius 2 is 1.52 bits per heavy atom. The minimum absolute atomic E-state index is 0.0213. The topological polar surface area (TPSA) is 260 Å². The molecule has 564 valence electrons. The molecule has 5 amide bonds. The number of thioether (sulfide) groups is 1. The summed E-state index contributed by atoms with van der Waals surface area (Å²) in [4.78, 5) is 80.9. The van der Waals surface area contributed by atoms with Gasteiger partial charge in [0, 0.05) is 99.7 Å². The van der Waals surface area contributed by atoms with Crippen molar-refractivity contribution in [3.8, 4) is 10.4 Å². The Hall–Kier alpha value is -6.88. The van der Waals surface area contributed by atoms with Crippen LogP contribution in [0.3, 0.4) is 0 Å². The van der Waals surface area contributed by atoms with Crippen LogP contribution in [0.15, 0.2) is 128 Å². The van der Waals surface area contributed by atoms with E-state index in [1.165, 1.54) is 60.9 Å². The molecule has 3 aliphatic heterocycles. The molecule has 3 saturated heterocycles. The molecule has 4 aliphatic carbocycles. The van der Waals surface area contributed by atoms with Crippen LogP contribution in [-0.2, 0) is 39.0 Å². The average molecular weight is 1510 g/mol. The molecule has 27 heteroatoms. The van der Waals surface area contributed by atoms with Gasteiger partial charge in [-0.3, -0.25) is 28.9 Å². The lowest BCUT2D eigenvalue weighted by atomic mass is 9.33. The number of carbonyl (C=O) groups is 5. The van der Waals surface area contributed by atoms with Gasteiger partial charge in [-0.1, -0.05) is 102 Å². The smallest absolute Gasteiger partial charge is 0.391 e. The average Bonchev–Trinajstić information content (AvgIpc) is 0.688. The zero-order valence-electron chi connectivity index (χ0n) is 60.9. The summed E-state index contributed by atoms with van der Waals surface area (Å²) in [5, 5.41) is 22.7. The molecular weight excluding hydrogens is 1410 g/mol. The standard InChI is InChI=1S/C77H101F3N10O10S4/c1-50(52-18-20-53(21-19-52)67-51(2)82-49-102-67)83-71(95)64-39-59(91)44-90(64)72(96)68(73(3,4)5)85-66(92)17-13-10-14-32-81-69(93)56-29-33-87(43-56)34-30-57(45-101-60-15-11-9-12-16-60)84-63-27-26-61(40-65(63)103(97,98)77(78,79)80)104(99,100)86-70(94)54-22-24-58(25-23-54)89-37-35-88(36-38-89)42-55-28-31-74(6,7)41-62(55)76-46-75(8,47-76)48-76/h9,11-12,15-16,18-27,40,49-50,56-57,59,64,68,84,91H,10,13-14,17,28-39,41-48H2,1-8H3,(H,81,93)(H,83,95)(H,85,92)(H,86,94)/t50-,56-,57+,59+,64-,68+,75?,76?/m0/s1. The van der Waals surface area contributed by atoms with E-state index in [0.29, 0.717) is 74.2 Å². The number of anilines is 2. The molecule has 104 heavy (non-hydrogen) atoms. The lowest BCUT2D eigenvalue weighted by Gasteiger charge is -2.72. The van der Waals surface area contributed by atoms with E-state index in [2.05, 4.69) is 61.7 Å². The number of unbranched alkanes of at least 4 members (excludes halogenated alkanes) is 2. The van der Waals surface area contributed by atoms with Crippen molar-refractivity contribution in [2.45, 2.75) is 189 Å². The first-order chi connectivity index (χ1) is 49.1. The van der Waals surface area contributed by atoms with Crippen molar-refractivity contribution in [3.05, 3.63) is 131 Å². The number of amides is 5. The van der Waals surface area contributed by atoms with E-state index in [-0.39, 0.29) is 54.9 Å². The number of alkyl halides is 3. The SMILES string of the molecule is Cc1ncsc1-c1ccc([C@H](C)NC(=O)[C@@H]2C[C@@H](O)CN2C(=O)[C@@H](NC(=O)CCCCCNC(=O)[C@H]2CCN(CC[C@H](CSc3ccccc3)Nc3ccc(S(=O)(=O)NC(=O)c4ccc(N5CCN(CC6=C(C78CC(C)(C7)C8)CC(C)(C)CC6)CC5)cc4)cc3S(=O)(=O)C(F)(F)F)C2)C(C)(C)C)cc1. The number of allylic oxidation sites excluding steroid dienone is 1. The van der Waals surface area contributed by atoms with E-state index in [4.69, 9.17) is 0 Å². The zero-order valence-corrected chi connectivity index (χ0v) is 64.1. The highest BCUT2D eigenvalue weighted by atomic mass is 32.2. The third-order valence-corrected chi connectivity index (χ3v) is 26.9. The van der Waals surface area contributed by atoms with Crippen LogP contribution in [0.25, 0.3) is 10.4 Å². The summed E-state index contributed by atoms with van der Waals surface area (Å²) in [6.45, 7) is 22.3. The van der Waals surface area contributed by atoms with E-state index >= 15 is 0 Å². The molecule has 12 rings (SSSR count). The number of nitrogens with zero attached hydrogens (tertiary/aromatic N) is 5. The number of rotatable bonds is 29. The minimum atomic E-state index is -6.18. The van der Waals surface area contributed by atoms with Crippen molar-refractivity contribution >= 4 is 83.9 Å². The number of aromatic nitrogens is 1. The van der Waals surface area contributed by atoms with Gasteiger partial charge in [-0.25, -0.2) is 26.5 Å². The van der Waals surface area contributed by atoms with E-state index in [1.807, 2.05) is 93.9 Å². The molecule has 7 aliphatic rings. The predicted octanol–water partition coefficient (Wildman–Crippen LogP) is 11.7. The van der Waals surface area contributed by atoms with Crippen LogP contribution < -0.4 is 30.9 Å². The fraction of sp³-hybridized carbons (Fsp3) is 0.558. The Labute approximate surface area is 618 Å². The number of hydrogen-bond donors (Lipinski definition) is 6. The number of aliphatic hydroxyl groups is 1. The lowest BCUT2D eigenvalue weighted by Crippen LogP contribution is -2.61. The molecule has 0 unspecified atom stereocenters. The highest BCUT2D eigenvalue weighted by Crippen LogP contribution is 2.77. The van der Waals surface area contributed by atoms with Crippen LogP contribution in [0.1, 0.15) is 160 Å². The highest BCUT2D eigenvalue weighted by molar-refractivity contribution is 7.99. The van der Waals surface area contributed by atoms with Crippen molar-refractivity contribution in [2.75, 3.05) is 81.4 Å². The van der Waals surface area contributed by atoms with Gasteiger partial charge in [0.1, 0.15) is 17.0 Å². The molecule has 0 spiro atoms. The number of piperazine rings is 1. The van der Waals surface area contributed by atoms with Crippen LogP contribution in [-0.4, -0.2) is 172 Å². The first-order valence-corrected chi connectivity index (χ1v) is 41.3. The number of aryl methyl sites for hydroxylation is 1. The Balaban J connectivity index is 0.640. The normalized spacial score (nSPS) is 23.1. The predicted molar refractivity (Wildman–Crippen MR) is 400 cm³/mol. The number of benzene rings is 4. The fourth-order valence-corrected chi connectivity index (χ4v) is 20.1. The lowest BCUT2D eigenvalue weighted by molar-refractivity contribution is -0.167. The van der Waals surface area contributed by atoms with Gasteiger partial charge in [0.05, 0.1) is 44.7 Å². The molecule has 0 radical (unpaired) electrons. The third-order valence-electron chi connectivity index (χ3n) is 21.9. The summed E-state index contributed by atoms with van der Waals surface area (Å²) in [6.07, 6.45) is 9.14. The first kappa shape index (κ1) is 78.2. The van der Waals surface area contributed by atoms with Crippen LogP contribution in [0.2, 0.25) is 0 Å². The Morgan fingerprint density at radius 3 is 2.17 bits per heavy atom. The maximum atomic E-state index is 14.6. The van der Waals surface area contributed by atoms with Crippen molar-refractivity contribution in [3.63, 3.8) is 0 Å². The molecule has 2 bridgehead atoms. The van der Waals surface area contributed by atoms with Crippen molar-refractivity contribution in [1.82, 2.24) is 40.4 Å². The number of halogens is 3. The van der Waals surface area contributed by atoms with Crippen molar-refractivity contribution in [2.24, 2.45) is 27.6 Å². The second kappa shape index (κ2) is 31.9. The van der Waals surface area contributed by atoms with Crippen molar-refractivity contribution < 1.29 is 59.1 Å². The van der Waals surface area contributed by atoms with Gasteiger partial charge in [0.15, 0.2) is 0 Å². The summed E-state index contributed by atoms with van der Waals surface area (Å²) < 4.78 is 100. The number of sulfone groups is 1. The van der Waals surface area contributed by atoms with Crippen LogP contribution in [0, 0.1) is 34.5 Å². The fourth-order valence-electron chi connectivity index (χ4n) is 16.2. The minimum Gasteiger partial charge on any atom is -0.391 e. The van der Waals surface area contributed by atoms with Crippen LogP contribution in [0.4, 0.5) is 24.5 Å². The number of β-amino-alcohol motifs (C(OH)–C–C–N with tert-alkyl or cyclic N) is 1. The molecule has 6 fully saturated rings. The highest BCUT2D eigenvalue weighted by Gasteiger charge is 2.67. The second-order valence-electron chi connectivity index (χ2n) is 31.9. The number of sulfonamides is 1. The van der Waals surface area contributed by atoms with Crippen LogP contribution in [0.5, 0.6) is 0 Å². The van der Waals surface area contributed by atoms with Gasteiger partial charge in [0.2, 0.25) is 23.6 Å². The Morgan fingerprint density at radius 1 is 0.817 bits per heavy atom. The number of thiazole rings is 1. The van der Waals surface area contributed by atoms with Gasteiger partial charge in [-0.05, 0) is 172 Å². The Bertz CT molecular complexity index is 4180. The number of nitrogens with one attached hydrogen (secondary N) is 5. The zero-order chi connectivity index (χ0) is 74.7. The molecule has 1 aromatic heterocycles. The largest absolute Gasteiger partial charge is 0.501 e. The second-order valence-corrected chi connectivity index (χ2v) is 37.5. The number of carbonyl (C=O) groups excluding carboxylic acids is 5. The molecule has 6 N–H and O–H groups in total. The number of hydrogen-bond acceptors (Lipinski definition) is 17.